The summed E-state index contributed by atoms with van der Waals surface area (Å²) in [7, 11) is 0. The molecule has 12 heavy (non-hydrogen) atoms. The van der Waals surface area contributed by atoms with Gasteiger partial charge in [0.05, 0.1) is 0 Å². The third-order valence-corrected chi connectivity index (χ3v) is 2.76. The number of hydrogen-bond donors (Lipinski definition) is 0. The zero-order chi connectivity index (χ0) is 9.14. The van der Waals surface area contributed by atoms with Gasteiger partial charge in [-0.2, -0.15) is 0 Å². The molecule has 0 amide bonds. The van der Waals surface area contributed by atoms with Gasteiger partial charge in [-0.25, -0.2) is 4.39 Å². The fraction of sp³-hybridized carbons (Fsp3) is 0.400. The highest BCUT2D eigenvalue weighted by atomic mass is 32.2. The summed E-state index contributed by atoms with van der Waals surface area (Å²) >= 11 is 1.55. The molecule has 0 fully saturated rings. The van der Waals surface area contributed by atoms with Crippen LogP contribution >= 0.6 is 11.8 Å². The summed E-state index contributed by atoms with van der Waals surface area (Å²) in [6, 6.07) is 3.52. The maximum atomic E-state index is 13.2. The van der Waals surface area contributed by atoms with Crippen LogP contribution in [0.25, 0.3) is 0 Å². The predicted molar refractivity (Wildman–Crippen MR) is 52.3 cm³/mol. The lowest BCUT2D eigenvalue weighted by molar-refractivity contribution is 0.600. The van der Waals surface area contributed by atoms with Gasteiger partial charge in [0.1, 0.15) is 5.82 Å². The molecule has 0 aliphatic rings. The first kappa shape index (κ1) is 9.59. The number of thioether (sulfide) groups is 1. The highest BCUT2D eigenvalue weighted by Crippen LogP contribution is 2.24. The molecule has 2 heteroatoms. The lowest BCUT2D eigenvalue weighted by Crippen LogP contribution is -1.87. The Balaban J connectivity index is 3.05. The van der Waals surface area contributed by atoms with E-state index in [1.54, 1.807) is 17.8 Å². The van der Waals surface area contributed by atoms with Gasteiger partial charge in [0.25, 0.3) is 0 Å². The molecular weight excluding hydrogens is 171 g/mol. The molecule has 0 heterocycles. The number of rotatable bonds is 2. The molecule has 0 aliphatic heterocycles. The Labute approximate surface area is 77.2 Å². The summed E-state index contributed by atoms with van der Waals surface area (Å²) in [5, 5.41) is 0. The van der Waals surface area contributed by atoms with E-state index in [0.29, 0.717) is 0 Å². The van der Waals surface area contributed by atoms with E-state index in [4.69, 9.17) is 0 Å². The van der Waals surface area contributed by atoms with Crippen molar-refractivity contribution in [1.82, 2.24) is 0 Å². The van der Waals surface area contributed by atoms with Gasteiger partial charge in [-0.3, -0.25) is 0 Å². The zero-order valence-electron chi connectivity index (χ0n) is 7.65. The lowest BCUT2D eigenvalue weighted by atomic mass is 10.1. The average Bonchev–Trinajstić information content (AvgIpc) is 2.01. The first-order chi connectivity index (χ1) is 5.65. The summed E-state index contributed by atoms with van der Waals surface area (Å²) in [4.78, 5) is 0.764. The van der Waals surface area contributed by atoms with E-state index in [1.807, 2.05) is 26.8 Å². The number of benzene rings is 1. The predicted octanol–water partition coefficient (Wildman–Crippen LogP) is 3.55. The van der Waals surface area contributed by atoms with Gasteiger partial charge >= 0.3 is 0 Å². The standard InChI is InChI=1S/C10H13FS/c1-4-12-10-6-8(3)7(2)5-9(10)11/h5-6H,4H2,1-3H3. The number of halogens is 1. The lowest BCUT2D eigenvalue weighted by Gasteiger charge is -2.05. The van der Waals surface area contributed by atoms with Crippen molar-refractivity contribution >= 4 is 11.8 Å². The largest absolute Gasteiger partial charge is 0.206 e. The molecule has 0 aliphatic carbocycles. The maximum absolute atomic E-state index is 13.2. The molecule has 1 aromatic carbocycles. The quantitative estimate of drug-likeness (QED) is 0.633. The van der Waals surface area contributed by atoms with Gasteiger partial charge in [-0.15, -0.1) is 11.8 Å². The van der Waals surface area contributed by atoms with E-state index in [9.17, 15) is 4.39 Å². The highest BCUT2D eigenvalue weighted by molar-refractivity contribution is 7.99. The van der Waals surface area contributed by atoms with Gasteiger partial charge < -0.3 is 0 Å². The minimum absolute atomic E-state index is 0.0926. The Morgan fingerprint density at radius 3 is 2.42 bits per heavy atom. The van der Waals surface area contributed by atoms with Crippen LogP contribution in [-0.2, 0) is 0 Å². The van der Waals surface area contributed by atoms with E-state index in [0.717, 1.165) is 21.8 Å². The highest BCUT2D eigenvalue weighted by Gasteiger charge is 2.03. The Bertz CT molecular complexity index is 281. The Morgan fingerprint density at radius 2 is 1.83 bits per heavy atom. The third kappa shape index (κ3) is 2.01. The van der Waals surface area contributed by atoms with Crippen molar-refractivity contribution in [3.63, 3.8) is 0 Å². The smallest absolute Gasteiger partial charge is 0.137 e. The molecule has 1 rings (SSSR count). The summed E-state index contributed by atoms with van der Waals surface area (Å²) in [5.41, 5.74) is 2.18. The second kappa shape index (κ2) is 3.94. The molecule has 0 unspecified atom stereocenters. The molecule has 0 saturated heterocycles. The van der Waals surface area contributed by atoms with Crippen LogP contribution in [0.2, 0.25) is 0 Å². The first-order valence-corrected chi connectivity index (χ1v) is 5.03. The topological polar surface area (TPSA) is 0 Å². The van der Waals surface area contributed by atoms with Crippen LogP contribution in [-0.4, -0.2) is 5.75 Å². The number of aryl methyl sites for hydroxylation is 2. The summed E-state index contributed by atoms with van der Waals surface area (Å²) in [6.45, 7) is 5.96. The van der Waals surface area contributed by atoms with Crippen LogP contribution in [0.5, 0.6) is 0 Å². The van der Waals surface area contributed by atoms with Crippen LogP contribution in [0, 0.1) is 19.7 Å². The third-order valence-electron chi connectivity index (χ3n) is 1.85. The van der Waals surface area contributed by atoms with Gasteiger partial charge in [0, 0.05) is 4.90 Å². The van der Waals surface area contributed by atoms with E-state index in [1.165, 1.54) is 0 Å². The van der Waals surface area contributed by atoms with Gasteiger partial charge in [0.15, 0.2) is 0 Å². The van der Waals surface area contributed by atoms with Crippen LogP contribution in [0.3, 0.4) is 0 Å². The van der Waals surface area contributed by atoms with E-state index in [2.05, 4.69) is 0 Å². The Kier molecular flexibility index (Phi) is 3.15. The van der Waals surface area contributed by atoms with Gasteiger partial charge in [0.2, 0.25) is 0 Å². The average molecular weight is 184 g/mol. The SMILES string of the molecule is CCSc1cc(C)c(C)cc1F. The second-order valence-corrected chi connectivity index (χ2v) is 4.11. The van der Waals surface area contributed by atoms with Crippen molar-refractivity contribution < 1.29 is 4.39 Å². The monoisotopic (exact) mass is 184 g/mol. The van der Waals surface area contributed by atoms with Crippen LogP contribution in [0.1, 0.15) is 18.1 Å². The Morgan fingerprint density at radius 1 is 1.25 bits per heavy atom. The van der Waals surface area contributed by atoms with Crippen molar-refractivity contribution in [3.05, 3.63) is 29.1 Å². The minimum atomic E-state index is -0.0926. The molecule has 66 valence electrons. The van der Waals surface area contributed by atoms with Crippen molar-refractivity contribution in [1.29, 1.82) is 0 Å². The molecule has 0 aromatic heterocycles. The Hall–Kier alpha value is -0.500. The van der Waals surface area contributed by atoms with E-state index >= 15 is 0 Å². The summed E-state index contributed by atoms with van der Waals surface area (Å²) < 4.78 is 13.2. The zero-order valence-corrected chi connectivity index (χ0v) is 8.46. The molecule has 0 radical (unpaired) electrons. The minimum Gasteiger partial charge on any atom is -0.206 e. The molecule has 0 N–H and O–H groups in total. The maximum Gasteiger partial charge on any atom is 0.137 e. The van der Waals surface area contributed by atoms with Crippen LogP contribution < -0.4 is 0 Å². The van der Waals surface area contributed by atoms with E-state index < -0.39 is 0 Å². The van der Waals surface area contributed by atoms with Crippen molar-refractivity contribution in [2.75, 3.05) is 5.75 Å². The molecule has 0 saturated carbocycles. The van der Waals surface area contributed by atoms with Crippen molar-refractivity contribution in [2.45, 2.75) is 25.7 Å². The van der Waals surface area contributed by atoms with E-state index in [-0.39, 0.29) is 5.82 Å². The van der Waals surface area contributed by atoms with Crippen molar-refractivity contribution in [2.24, 2.45) is 0 Å². The summed E-state index contributed by atoms with van der Waals surface area (Å²) in [6.07, 6.45) is 0. The van der Waals surface area contributed by atoms with Crippen LogP contribution in [0.15, 0.2) is 17.0 Å². The van der Waals surface area contributed by atoms with Crippen molar-refractivity contribution in [3.8, 4) is 0 Å². The molecular formula is C10H13FS. The fourth-order valence-electron chi connectivity index (χ4n) is 1.02. The molecule has 0 bridgehead atoms. The van der Waals surface area contributed by atoms with Crippen LogP contribution in [0.4, 0.5) is 4.39 Å². The second-order valence-electron chi connectivity index (χ2n) is 2.80. The summed E-state index contributed by atoms with van der Waals surface area (Å²) in [5.74, 6) is 0.823. The van der Waals surface area contributed by atoms with Gasteiger partial charge in [-0.1, -0.05) is 6.92 Å². The first-order valence-electron chi connectivity index (χ1n) is 4.04. The number of hydrogen-bond acceptors (Lipinski definition) is 1. The fourth-order valence-corrected chi connectivity index (χ4v) is 1.79. The molecule has 0 nitrogen and oxygen atoms in total. The molecule has 0 spiro atoms. The molecule has 0 atom stereocenters. The molecule has 1 aromatic rings. The normalized spacial score (nSPS) is 10.3. The van der Waals surface area contributed by atoms with Gasteiger partial charge in [-0.05, 0) is 42.9 Å².